The average molecular weight is 710 g/mol. The second-order valence-electron chi connectivity index (χ2n) is 15.4. The van der Waals surface area contributed by atoms with Crippen molar-refractivity contribution in [3.63, 3.8) is 0 Å². The molecule has 50 heavy (non-hydrogen) atoms. The van der Waals surface area contributed by atoms with Gasteiger partial charge in [-0.1, -0.05) is 206 Å². The van der Waals surface area contributed by atoms with Gasteiger partial charge < -0.3 is 25.7 Å². The van der Waals surface area contributed by atoms with Gasteiger partial charge in [-0.25, -0.2) is 0 Å². The lowest BCUT2D eigenvalue weighted by Gasteiger charge is -2.27. The summed E-state index contributed by atoms with van der Waals surface area (Å²) in [4.78, 5) is 12.5. The molecule has 0 rings (SSSR count). The largest absolute Gasteiger partial charge is 0.394 e. The number of carbonyl (C=O) groups is 1. The normalized spacial score (nSPS) is 14.3. The summed E-state index contributed by atoms with van der Waals surface area (Å²) in [6.07, 6.45) is 42.5. The van der Waals surface area contributed by atoms with E-state index in [0.717, 1.165) is 38.5 Å². The summed E-state index contributed by atoms with van der Waals surface area (Å²) < 4.78 is 0. The molecule has 1 amide bonds. The van der Waals surface area contributed by atoms with Crippen molar-refractivity contribution >= 4 is 5.91 Å². The van der Waals surface area contributed by atoms with Gasteiger partial charge in [-0.3, -0.25) is 4.79 Å². The maximum atomic E-state index is 12.5. The van der Waals surface area contributed by atoms with Crippen LogP contribution in [0, 0.1) is 0 Å². The summed E-state index contributed by atoms with van der Waals surface area (Å²) in [5.41, 5.74) is 0. The van der Waals surface area contributed by atoms with E-state index in [2.05, 4.69) is 31.3 Å². The SMILES string of the molecule is CCCCCCCCCCCCCCCCCCC/C=C/CCCC(O)C(O)C(CO)NC(=O)C(O)CCCCCCCCCCCCCC. The number of aliphatic hydroxyl groups excluding tert-OH is 4. The van der Waals surface area contributed by atoms with Crippen molar-refractivity contribution < 1.29 is 25.2 Å². The fourth-order valence-electron chi connectivity index (χ4n) is 6.93. The van der Waals surface area contributed by atoms with Crippen molar-refractivity contribution in [2.24, 2.45) is 0 Å². The van der Waals surface area contributed by atoms with Gasteiger partial charge in [-0.05, 0) is 38.5 Å². The molecule has 0 spiro atoms. The summed E-state index contributed by atoms with van der Waals surface area (Å²) in [7, 11) is 0. The molecule has 0 saturated heterocycles. The molecule has 0 aliphatic carbocycles. The van der Waals surface area contributed by atoms with E-state index in [9.17, 15) is 25.2 Å². The van der Waals surface area contributed by atoms with E-state index in [1.54, 1.807) is 0 Å². The summed E-state index contributed by atoms with van der Waals surface area (Å²) in [6, 6.07) is -0.996. The fraction of sp³-hybridized carbons (Fsp3) is 0.932. The lowest BCUT2D eigenvalue weighted by atomic mass is 10.00. The Kier molecular flexibility index (Phi) is 38.5. The molecule has 0 aromatic rings. The fourth-order valence-corrected chi connectivity index (χ4v) is 6.93. The molecule has 0 aromatic heterocycles. The zero-order chi connectivity index (χ0) is 36.8. The second kappa shape index (κ2) is 39.3. The Labute approximate surface area is 311 Å². The number of rotatable bonds is 40. The van der Waals surface area contributed by atoms with Crippen LogP contribution in [0.1, 0.15) is 232 Å². The van der Waals surface area contributed by atoms with E-state index in [-0.39, 0.29) is 0 Å². The van der Waals surface area contributed by atoms with Crippen LogP contribution in [-0.4, -0.2) is 57.3 Å². The van der Waals surface area contributed by atoms with Crippen LogP contribution in [0.3, 0.4) is 0 Å². The minimum absolute atomic E-state index is 0.367. The summed E-state index contributed by atoms with van der Waals surface area (Å²) in [5, 5.41) is 43.6. The molecule has 4 atom stereocenters. The average Bonchev–Trinajstić information content (AvgIpc) is 3.12. The number of hydrogen-bond donors (Lipinski definition) is 5. The predicted molar refractivity (Wildman–Crippen MR) is 215 cm³/mol. The standard InChI is InChI=1S/C44H87NO5/c1-3-5-7-9-11-13-15-17-18-19-20-21-22-23-24-25-26-28-29-31-33-35-37-41(47)43(49)40(39-46)45-44(50)42(48)38-36-34-32-30-27-16-14-12-10-8-6-4-2/h29,31,40-43,46-49H,3-28,30,32-39H2,1-2H3,(H,45,50)/b31-29+. The Bertz CT molecular complexity index is 717. The second-order valence-corrected chi connectivity index (χ2v) is 15.4. The van der Waals surface area contributed by atoms with E-state index in [4.69, 9.17) is 0 Å². The minimum Gasteiger partial charge on any atom is -0.394 e. The molecule has 0 bridgehead atoms. The zero-order valence-corrected chi connectivity index (χ0v) is 33.4. The van der Waals surface area contributed by atoms with Gasteiger partial charge in [-0.15, -0.1) is 0 Å². The molecule has 4 unspecified atom stereocenters. The Hall–Kier alpha value is -0.950. The van der Waals surface area contributed by atoms with Crippen molar-refractivity contribution in [1.82, 2.24) is 5.32 Å². The van der Waals surface area contributed by atoms with E-state index < -0.39 is 36.9 Å². The lowest BCUT2D eigenvalue weighted by molar-refractivity contribution is -0.132. The molecule has 0 aromatic carbocycles. The molecular formula is C44H87NO5. The first-order valence-electron chi connectivity index (χ1n) is 22.1. The van der Waals surface area contributed by atoms with Crippen molar-refractivity contribution in [2.45, 2.75) is 257 Å². The van der Waals surface area contributed by atoms with Crippen molar-refractivity contribution in [1.29, 1.82) is 0 Å². The quantitative estimate of drug-likeness (QED) is 0.0321. The van der Waals surface area contributed by atoms with E-state index >= 15 is 0 Å². The molecule has 0 fully saturated rings. The van der Waals surface area contributed by atoms with Crippen molar-refractivity contribution in [2.75, 3.05) is 6.61 Å². The third-order valence-electron chi connectivity index (χ3n) is 10.5. The Morgan fingerprint density at radius 3 is 1.20 bits per heavy atom. The summed E-state index contributed by atoms with van der Waals surface area (Å²) in [5.74, 6) is -0.592. The maximum Gasteiger partial charge on any atom is 0.249 e. The Balaban J connectivity index is 3.72. The monoisotopic (exact) mass is 710 g/mol. The molecule has 0 radical (unpaired) electrons. The highest BCUT2D eigenvalue weighted by atomic mass is 16.3. The molecule has 6 nitrogen and oxygen atoms in total. The van der Waals surface area contributed by atoms with Gasteiger partial charge in [0.25, 0.3) is 0 Å². The number of aliphatic hydroxyl groups is 4. The first-order chi connectivity index (χ1) is 24.5. The predicted octanol–water partition coefficient (Wildman–Crippen LogP) is 11.4. The molecule has 298 valence electrons. The van der Waals surface area contributed by atoms with E-state index in [0.29, 0.717) is 12.8 Å². The van der Waals surface area contributed by atoms with Crippen LogP contribution in [0.5, 0.6) is 0 Å². The number of carbonyl (C=O) groups excluding carboxylic acids is 1. The molecular weight excluding hydrogens is 622 g/mol. The molecule has 0 heterocycles. The van der Waals surface area contributed by atoms with Crippen molar-refractivity contribution in [3.8, 4) is 0 Å². The highest BCUT2D eigenvalue weighted by Gasteiger charge is 2.28. The van der Waals surface area contributed by atoms with Crippen molar-refractivity contribution in [3.05, 3.63) is 12.2 Å². The maximum absolute atomic E-state index is 12.5. The van der Waals surface area contributed by atoms with Crippen LogP contribution in [0.2, 0.25) is 0 Å². The molecule has 0 aliphatic heterocycles. The lowest BCUT2D eigenvalue weighted by Crippen LogP contribution is -2.53. The number of unbranched alkanes of at least 4 members (excludes halogenated alkanes) is 29. The topological polar surface area (TPSA) is 110 Å². The highest BCUT2D eigenvalue weighted by Crippen LogP contribution is 2.16. The molecule has 0 saturated carbocycles. The van der Waals surface area contributed by atoms with Gasteiger partial charge in [0, 0.05) is 0 Å². The number of amides is 1. The molecule has 6 heteroatoms. The Morgan fingerprint density at radius 1 is 0.480 bits per heavy atom. The van der Waals surface area contributed by atoms with Crippen LogP contribution < -0.4 is 5.32 Å². The molecule has 5 N–H and O–H groups in total. The summed E-state index contributed by atoms with van der Waals surface area (Å²) >= 11 is 0. The van der Waals surface area contributed by atoms with Gasteiger partial charge in [-0.2, -0.15) is 0 Å². The van der Waals surface area contributed by atoms with E-state index in [1.165, 1.54) is 167 Å². The Morgan fingerprint density at radius 2 is 0.820 bits per heavy atom. The molecule has 0 aliphatic rings. The van der Waals surface area contributed by atoms with Gasteiger partial charge in [0.1, 0.15) is 12.2 Å². The van der Waals surface area contributed by atoms with Crippen LogP contribution in [0.25, 0.3) is 0 Å². The van der Waals surface area contributed by atoms with Gasteiger partial charge in [0.2, 0.25) is 5.91 Å². The zero-order valence-electron chi connectivity index (χ0n) is 33.4. The third-order valence-corrected chi connectivity index (χ3v) is 10.5. The van der Waals surface area contributed by atoms with Crippen LogP contribution in [0.4, 0.5) is 0 Å². The first kappa shape index (κ1) is 49.0. The number of allylic oxidation sites excluding steroid dienone is 2. The van der Waals surface area contributed by atoms with Crippen LogP contribution in [-0.2, 0) is 4.79 Å². The smallest absolute Gasteiger partial charge is 0.249 e. The van der Waals surface area contributed by atoms with Gasteiger partial charge in [0.05, 0.1) is 18.8 Å². The number of hydrogen-bond acceptors (Lipinski definition) is 5. The first-order valence-corrected chi connectivity index (χ1v) is 22.1. The van der Waals surface area contributed by atoms with Gasteiger partial charge in [0.15, 0.2) is 0 Å². The minimum atomic E-state index is -1.28. The van der Waals surface area contributed by atoms with Crippen LogP contribution in [0.15, 0.2) is 12.2 Å². The highest BCUT2D eigenvalue weighted by molar-refractivity contribution is 5.80. The van der Waals surface area contributed by atoms with Gasteiger partial charge >= 0.3 is 0 Å². The van der Waals surface area contributed by atoms with Crippen LogP contribution >= 0.6 is 0 Å². The third kappa shape index (κ3) is 32.9. The van der Waals surface area contributed by atoms with E-state index in [1.807, 2.05) is 0 Å². The number of nitrogens with one attached hydrogen (secondary N) is 1. The summed E-state index contributed by atoms with van der Waals surface area (Å²) in [6.45, 7) is 4.04.